The van der Waals surface area contributed by atoms with E-state index in [0.717, 1.165) is 44.5 Å². The van der Waals surface area contributed by atoms with E-state index in [-0.39, 0.29) is 17.3 Å². The molecule has 192 valence electrons. The number of ether oxygens (including phenoxy) is 4. The first-order chi connectivity index (χ1) is 18.6. The minimum absolute atomic E-state index is 0.0614. The molecule has 4 aromatic rings. The maximum Gasteiger partial charge on any atom is 0.161 e. The van der Waals surface area contributed by atoms with E-state index >= 15 is 0 Å². The van der Waals surface area contributed by atoms with Crippen molar-refractivity contribution in [2.75, 3.05) is 21.3 Å². The Morgan fingerprint density at radius 1 is 0.789 bits per heavy atom. The van der Waals surface area contributed by atoms with Crippen LogP contribution in [-0.2, 0) is 0 Å². The molecule has 7 heteroatoms. The zero-order valence-electron chi connectivity index (χ0n) is 21.2. The summed E-state index contributed by atoms with van der Waals surface area (Å²) in [5.41, 5.74) is 5.01. The van der Waals surface area contributed by atoms with Gasteiger partial charge in [-0.2, -0.15) is 0 Å². The number of benzene rings is 4. The van der Waals surface area contributed by atoms with Gasteiger partial charge in [0.25, 0.3) is 0 Å². The molecular formula is C31H26ClNO4S. The van der Waals surface area contributed by atoms with E-state index in [0.29, 0.717) is 16.5 Å². The molecule has 0 spiro atoms. The first-order valence-electron chi connectivity index (χ1n) is 12.3. The van der Waals surface area contributed by atoms with Crippen molar-refractivity contribution < 1.29 is 18.9 Å². The Bertz CT molecular complexity index is 1520. The lowest BCUT2D eigenvalue weighted by atomic mass is 9.80. The van der Waals surface area contributed by atoms with Crippen LogP contribution in [0.5, 0.6) is 23.0 Å². The smallest absolute Gasteiger partial charge is 0.161 e. The Hall–Kier alpha value is -3.61. The summed E-state index contributed by atoms with van der Waals surface area (Å²) >= 11 is 8.21. The van der Waals surface area contributed by atoms with Gasteiger partial charge in [0, 0.05) is 20.7 Å². The number of thioether (sulfide) groups is 1. The summed E-state index contributed by atoms with van der Waals surface area (Å²) in [6, 6.07) is 28.2. The Morgan fingerprint density at radius 3 is 2.32 bits per heavy atom. The highest BCUT2D eigenvalue weighted by molar-refractivity contribution is 7.99. The number of hydrogen-bond acceptors (Lipinski definition) is 6. The van der Waals surface area contributed by atoms with Gasteiger partial charge in [0.05, 0.1) is 38.6 Å². The highest BCUT2D eigenvalue weighted by Crippen LogP contribution is 2.56. The Morgan fingerprint density at radius 2 is 1.55 bits per heavy atom. The minimum atomic E-state index is -0.287. The molecule has 0 aromatic heterocycles. The molecule has 4 aromatic carbocycles. The summed E-state index contributed by atoms with van der Waals surface area (Å²) in [7, 11) is 4.97. The zero-order chi connectivity index (χ0) is 26.2. The summed E-state index contributed by atoms with van der Waals surface area (Å²) in [4.78, 5) is 6.30. The predicted molar refractivity (Wildman–Crippen MR) is 152 cm³/mol. The number of halogens is 1. The third-order valence-corrected chi connectivity index (χ3v) is 8.62. The van der Waals surface area contributed by atoms with Crippen LogP contribution in [0.15, 0.2) is 94.8 Å². The molecule has 2 aliphatic heterocycles. The van der Waals surface area contributed by atoms with Crippen molar-refractivity contribution in [3.8, 4) is 23.0 Å². The van der Waals surface area contributed by atoms with Crippen molar-refractivity contribution in [1.29, 1.82) is 0 Å². The van der Waals surface area contributed by atoms with Crippen LogP contribution < -0.4 is 18.9 Å². The molecule has 0 fully saturated rings. The Kier molecular flexibility index (Phi) is 6.68. The summed E-state index contributed by atoms with van der Waals surface area (Å²) in [6.07, 6.45) is -0.287. The van der Waals surface area contributed by atoms with Gasteiger partial charge >= 0.3 is 0 Å². The maximum absolute atomic E-state index is 6.78. The van der Waals surface area contributed by atoms with Crippen molar-refractivity contribution in [1.82, 2.24) is 0 Å². The molecule has 0 bridgehead atoms. The second-order valence-corrected chi connectivity index (χ2v) is 10.7. The lowest BCUT2D eigenvalue weighted by Gasteiger charge is -2.38. The van der Waals surface area contributed by atoms with E-state index in [1.807, 2.05) is 54.6 Å². The van der Waals surface area contributed by atoms with E-state index in [1.165, 1.54) is 0 Å². The summed E-state index contributed by atoms with van der Waals surface area (Å²) in [6.45, 7) is 0. The fourth-order valence-electron chi connectivity index (χ4n) is 5.14. The molecule has 2 heterocycles. The molecule has 0 saturated heterocycles. The van der Waals surface area contributed by atoms with E-state index in [4.69, 9.17) is 35.5 Å². The first kappa shape index (κ1) is 24.7. The van der Waals surface area contributed by atoms with Crippen LogP contribution in [0.25, 0.3) is 0 Å². The standard InChI is InChI=1S/C31H26ClNO4S/c1-34-21-12-8-18(9-13-21)30-28-29(22-6-4-5-7-24(22)37-30)33-23-14-11-20(32)17-27(23)38-31(28)19-10-15-25(35-2)26(16-19)36-3/h4-17,28,30-31H,1-3H3. The number of aliphatic imine (C=N–C) groups is 1. The van der Waals surface area contributed by atoms with E-state index < -0.39 is 0 Å². The van der Waals surface area contributed by atoms with Gasteiger partial charge in [0.2, 0.25) is 0 Å². The van der Waals surface area contributed by atoms with Gasteiger partial charge in [-0.3, -0.25) is 4.99 Å². The summed E-state index contributed by atoms with van der Waals surface area (Å²) in [5.74, 6) is 2.86. The molecule has 38 heavy (non-hydrogen) atoms. The van der Waals surface area contributed by atoms with Crippen molar-refractivity contribution in [2.24, 2.45) is 10.9 Å². The third-order valence-electron chi connectivity index (χ3n) is 6.98. The van der Waals surface area contributed by atoms with Gasteiger partial charge in [-0.15, -0.1) is 11.8 Å². The molecule has 3 atom stereocenters. The molecule has 0 N–H and O–H groups in total. The fraction of sp³-hybridized carbons (Fsp3) is 0.194. The normalized spacial score (nSPS) is 19.6. The predicted octanol–water partition coefficient (Wildman–Crippen LogP) is 8.08. The van der Waals surface area contributed by atoms with Crippen LogP contribution in [0.2, 0.25) is 5.02 Å². The van der Waals surface area contributed by atoms with Gasteiger partial charge in [0.1, 0.15) is 17.6 Å². The van der Waals surface area contributed by atoms with Crippen molar-refractivity contribution >= 4 is 34.8 Å². The van der Waals surface area contributed by atoms with E-state index in [2.05, 4.69) is 30.3 Å². The monoisotopic (exact) mass is 543 g/mol. The fourth-order valence-corrected chi connectivity index (χ4v) is 6.78. The number of methoxy groups -OCH3 is 3. The molecule has 3 unspecified atom stereocenters. The number of nitrogens with zero attached hydrogens (tertiary/aromatic N) is 1. The Balaban J connectivity index is 1.59. The van der Waals surface area contributed by atoms with Crippen molar-refractivity contribution in [2.45, 2.75) is 16.2 Å². The van der Waals surface area contributed by atoms with E-state index in [9.17, 15) is 0 Å². The van der Waals surface area contributed by atoms with Crippen LogP contribution >= 0.6 is 23.4 Å². The van der Waals surface area contributed by atoms with Crippen LogP contribution in [0, 0.1) is 5.92 Å². The number of fused-ring (bicyclic) bond motifs is 4. The van der Waals surface area contributed by atoms with Gasteiger partial charge in [0.15, 0.2) is 11.5 Å². The second-order valence-electron chi connectivity index (χ2n) is 9.10. The summed E-state index contributed by atoms with van der Waals surface area (Å²) < 4.78 is 23.4. The molecule has 2 aliphatic rings. The number of hydrogen-bond donors (Lipinski definition) is 0. The van der Waals surface area contributed by atoms with E-state index in [1.54, 1.807) is 33.1 Å². The lowest BCUT2D eigenvalue weighted by Crippen LogP contribution is -2.35. The average molecular weight is 544 g/mol. The second kappa shape index (κ2) is 10.3. The Labute approximate surface area is 231 Å². The molecule has 6 rings (SSSR count). The topological polar surface area (TPSA) is 49.3 Å². The lowest BCUT2D eigenvalue weighted by molar-refractivity contribution is 0.156. The molecule has 5 nitrogen and oxygen atoms in total. The molecular weight excluding hydrogens is 518 g/mol. The third kappa shape index (κ3) is 4.38. The van der Waals surface area contributed by atoms with Crippen LogP contribution in [0.4, 0.5) is 5.69 Å². The van der Waals surface area contributed by atoms with Crippen molar-refractivity contribution in [3.63, 3.8) is 0 Å². The molecule has 0 amide bonds. The van der Waals surface area contributed by atoms with Crippen molar-refractivity contribution in [3.05, 3.63) is 107 Å². The summed E-state index contributed by atoms with van der Waals surface area (Å²) in [5, 5.41) is 0.615. The number of rotatable bonds is 5. The first-order valence-corrected chi connectivity index (χ1v) is 13.5. The van der Waals surface area contributed by atoms with Crippen LogP contribution in [-0.4, -0.2) is 27.0 Å². The maximum atomic E-state index is 6.78. The van der Waals surface area contributed by atoms with Gasteiger partial charge < -0.3 is 18.9 Å². The molecule has 0 saturated carbocycles. The van der Waals surface area contributed by atoms with Crippen LogP contribution in [0.3, 0.4) is 0 Å². The average Bonchev–Trinajstić information content (AvgIpc) is 3.13. The van der Waals surface area contributed by atoms with Gasteiger partial charge in [-0.05, 0) is 65.7 Å². The highest BCUT2D eigenvalue weighted by Gasteiger charge is 2.44. The quantitative estimate of drug-likeness (QED) is 0.254. The minimum Gasteiger partial charge on any atom is -0.497 e. The largest absolute Gasteiger partial charge is 0.497 e. The van der Waals surface area contributed by atoms with Gasteiger partial charge in [-0.25, -0.2) is 0 Å². The zero-order valence-corrected chi connectivity index (χ0v) is 22.8. The molecule has 0 aliphatic carbocycles. The highest BCUT2D eigenvalue weighted by atomic mass is 35.5. The molecule has 0 radical (unpaired) electrons. The van der Waals surface area contributed by atoms with Gasteiger partial charge in [-0.1, -0.05) is 41.9 Å². The SMILES string of the molecule is COc1ccc(C2Oc3ccccc3C3=Nc4ccc(Cl)cc4SC(c4ccc(OC)c(OC)c4)C32)cc1. The number of para-hydroxylation sites is 1. The van der Waals surface area contributed by atoms with Crippen LogP contribution in [0.1, 0.15) is 28.0 Å².